The van der Waals surface area contributed by atoms with Crippen molar-refractivity contribution in [1.82, 2.24) is 15.1 Å². The summed E-state index contributed by atoms with van der Waals surface area (Å²) >= 11 is 3.35. The molecule has 124 valence electrons. The fourth-order valence-corrected chi connectivity index (χ4v) is 2.44. The SMILES string of the molecule is COc1cnc(Oc2cccc(Br)c2-c2cc(C(F)F)no2)nc1. The van der Waals surface area contributed by atoms with E-state index in [9.17, 15) is 8.78 Å². The van der Waals surface area contributed by atoms with Gasteiger partial charge in [0.15, 0.2) is 11.5 Å². The van der Waals surface area contributed by atoms with Crippen molar-refractivity contribution in [2.75, 3.05) is 7.11 Å². The van der Waals surface area contributed by atoms with Gasteiger partial charge < -0.3 is 14.0 Å². The van der Waals surface area contributed by atoms with Crippen LogP contribution in [0.4, 0.5) is 8.78 Å². The molecule has 0 fully saturated rings. The molecule has 0 aliphatic rings. The predicted molar refractivity (Wildman–Crippen MR) is 83.3 cm³/mol. The Morgan fingerprint density at radius 2 is 1.96 bits per heavy atom. The quantitative estimate of drug-likeness (QED) is 0.624. The van der Waals surface area contributed by atoms with Crippen LogP contribution >= 0.6 is 15.9 Å². The van der Waals surface area contributed by atoms with Gasteiger partial charge in [-0.05, 0) is 28.1 Å². The molecular formula is C15H10BrF2N3O3. The molecule has 1 aromatic carbocycles. The molecule has 3 rings (SSSR count). The van der Waals surface area contributed by atoms with Crippen LogP contribution in [0.5, 0.6) is 17.5 Å². The summed E-state index contributed by atoms with van der Waals surface area (Å²) in [5.41, 5.74) is -0.0243. The molecule has 0 radical (unpaired) electrons. The van der Waals surface area contributed by atoms with E-state index in [-0.39, 0.29) is 11.8 Å². The van der Waals surface area contributed by atoms with Gasteiger partial charge in [-0.25, -0.2) is 8.78 Å². The Hall–Kier alpha value is -2.55. The molecule has 2 aromatic heterocycles. The number of rotatable bonds is 5. The van der Waals surface area contributed by atoms with Crippen molar-refractivity contribution < 1.29 is 22.8 Å². The first-order valence-corrected chi connectivity index (χ1v) is 7.45. The Balaban J connectivity index is 1.97. The molecule has 0 unspecified atom stereocenters. The molecule has 3 aromatic rings. The van der Waals surface area contributed by atoms with Gasteiger partial charge in [0.25, 0.3) is 6.43 Å². The third-order valence-electron chi connectivity index (χ3n) is 3.02. The number of hydrogen-bond acceptors (Lipinski definition) is 6. The molecule has 2 heterocycles. The lowest BCUT2D eigenvalue weighted by Crippen LogP contribution is -1.94. The van der Waals surface area contributed by atoms with E-state index in [0.29, 0.717) is 21.5 Å². The Bertz CT molecular complexity index is 840. The van der Waals surface area contributed by atoms with Gasteiger partial charge in [-0.1, -0.05) is 11.2 Å². The monoisotopic (exact) mass is 397 g/mol. The number of ether oxygens (including phenoxy) is 2. The molecule has 0 N–H and O–H groups in total. The molecule has 24 heavy (non-hydrogen) atoms. The molecule has 0 aliphatic heterocycles. The van der Waals surface area contributed by atoms with E-state index < -0.39 is 12.1 Å². The minimum atomic E-state index is -2.72. The largest absolute Gasteiger partial charge is 0.494 e. The first kappa shape index (κ1) is 16.3. The molecule has 0 amide bonds. The molecule has 0 bridgehead atoms. The van der Waals surface area contributed by atoms with Crippen LogP contribution in [0.3, 0.4) is 0 Å². The summed E-state index contributed by atoms with van der Waals surface area (Å²) in [5.74, 6) is 0.946. The minimum absolute atomic E-state index is 0.0729. The average Bonchev–Trinajstić information content (AvgIpc) is 3.05. The highest BCUT2D eigenvalue weighted by Gasteiger charge is 2.20. The van der Waals surface area contributed by atoms with E-state index >= 15 is 0 Å². The first-order chi connectivity index (χ1) is 11.6. The number of aromatic nitrogens is 3. The smallest absolute Gasteiger partial charge is 0.322 e. The Kier molecular flexibility index (Phi) is 4.70. The number of alkyl halides is 2. The van der Waals surface area contributed by atoms with E-state index in [1.54, 1.807) is 18.2 Å². The van der Waals surface area contributed by atoms with Crippen molar-refractivity contribution in [2.45, 2.75) is 6.43 Å². The summed E-state index contributed by atoms with van der Waals surface area (Å²) in [6.45, 7) is 0. The highest BCUT2D eigenvalue weighted by molar-refractivity contribution is 9.10. The summed E-state index contributed by atoms with van der Waals surface area (Å²) in [4.78, 5) is 8.01. The fourth-order valence-electron chi connectivity index (χ4n) is 1.90. The highest BCUT2D eigenvalue weighted by Crippen LogP contribution is 2.39. The number of methoxy groups -OCH3 is 1. The van der Waals surface area contributed by atoms with Crippen molar-refractivity contribution in [3.05, 3.63) is 46.8 Å². The van der Waals surface area contributed by atoms with Crippen molar-refractivity contribution in [3.8, 4) is 28.8 Å². The normalized spacial score (nSPS) is 10.9. The zero-order valence-corrected chi connectivity index (χ0v) is 13.8. The lowest BCUT2D eigenvalue weighted by molar-refractivity contribution is 0.140. The van der Waals surface area contributed by atoms with Crippen molar-refractivity contribution in [1.29, 1.82) is 0 Å². The van der Waals surface area contributed by atoms with Crippen LogP contribution in [0.1, 0.15) is 12.1 Å². The van der Waals surface area contributed by atoms with Crippen LogP contribution in [-0.2, 0) is 0 Å². The number of benzene rings is 1. The molecule has 0 saturated carbocycles. The van der Waals surface area contributed by atoms with Crippen LogP contribution in [0.2, 0.25) is 0 Å². The fraction of sp³-hybridized carbons (Fsp3) is 0.133. The average molecular weight is 398 g/mol. The third-order valence-corrected chi connectivity index (χ3v) is 3.68. The molecule has 0 saturated heterocycles. The lowest BCUT2D eigenvalue weighted by Gasteiger charge is -2.09. The standard InChI is InChI=1S/C15H10BrF2N3O3/c1-22-8-6-19-15(20-7-8)23-11-4-2-3-9(16)13(11)12-5-10(14(17)18)21-24-12/h2-7,14H,1H3. The molecule has 6 nitrogen and oxygen atoms in total. The van der Waals surface area contributed by atoms with E-state index in [4.69, 9.17) is 14.0 Å². The van der Waals surface area contributed by atoms with Gasteiger partial charge in [-0.3, -0.25) is 0 Å². The van der Waals surface area contributed by atoms with Crippen LogP contribution in [0.15, 0.2) is 45.7 Å². The highest BCUT2D eigenvalue weighted by atomic mass is 79.9. The van der Waals surface area contributed by atoms with Gasteiger partial charge in [0.2, 0.25) is 0 Å². The first-order valence-electron chi connectivity index (χ1n) is 6.66. The van der Waals surface area contributed by atoms with Crippen LogP contribution in [0, 0.1) is 0 Å². The lowest BCUT2D eigenvalue weighted by atomic mass is 10.1. The van der Waals surface area contributed by atoms with Crippen LogP contribution in [-0.4, -0.2) is 22.2 Å². The van der Waals surface area contributed by atoms with Gasteiger partial charge in [-0.15, -0.1) is 0 Å². The third kappa shape index (κ3) is 3.35. The predicted octanol–water partition coefficient (Wildman–Crippen LogP) is 4.63. The Labute approximate surface area is 143 Å². The van der Waals surface area contributed by atoms with Gasteiger partial charge in [0.05, 0.1) is 25.1 Å². The second-order valence-corrected chi connectivity index (χ2v) is 5.39. The van der Waals surface area contributed by atoms with E-state index in [1.807, 2.05) is 0 Å². The Morgan fingerprint density at radius 1 is 1.21 bits per heavy atom. The van der Waals surface area contributed by atoms with Crippen molar-refractivity contribution in [3.63, 3.8) is 0 Å². The summed E-state index contributed by atoms with van der Waals surface area (Å²) in [6.07, 6.45) is 0.173. The maximum Gasteiger partial charge on any atom is 0.322 e. The topological polar surface area (TPSA) is 70.3 Å². The number of halogens is 3. The van der Waals surface area contributed by atoms with E-state index in [2.05, 4.69) is 31.1 Å². The van der Waals surface area contributed by atoms with E-state index in [1.165, 1.54) is 19.5 Å². The van der Waals surface area contributed by atoms with Gasteiger partial charge >= 0.3 is 6.01 Å². The Morgan fingerprint density at radius 3 is 2.58 bits per heavy atom. The number of hydrogen-bond donors (Lipinski definition) is 0. The summed E-state index contributed by atoms with van der Waals surface area (Å²) in [7, 11) is 1.50. The maximum absolute atomic E-state index is 12.7. The van der Waals surface area contributed by atoms with Gasteiger partial charge in [0.1, 0.15) is 11.4 Å². The zero-order chi connectivity index (χ0) is 17.1. The second-order valence-electron chi connectivity index (χ2n) is 4.54. The van der Waals surface area contributed by atoms with Crippen molar-refractivity contribution >= 4 is 15.9 Å². The molecule has 9 heteroatoms. The molecule has 0 atom stereocenters. The summed E-state index contributed by atoms with van der Waals surface area (Å²) < 4.78 is 41.6. The summed E-state index contributed by atoms with van der Waals surface area (Å²) in [6, 6.07) is 6.31. The van der Waals surface area contributed by atoms with Gasteiger partial charge in [0, 0.05) is 10.5 Å². The minimum Gasteiger partial charge on any atom is -0.494 e. The molecule has 0 spiro atoms. The molecular weight excluding hydrogens is 388 g/mol. The van der Waals surface area contributed by atoms with Gasteiger partial charge in [-0.2, -0.15) is 9.97 Å². The summed E-state index contributed by atoms with van der Waals surface area (Å²) in [5, 5.41) is 3.35. The zero-order valence-electron chi connectivity index (χ0n) is 12.2. The van der Waals surface area contributed by atoms with Crippen LogP contribution in [0.25, 0.3) is 11.3 Å². The van der Waals surface area contributed by atoms with E-state index in [0.717, 1.165) is 6.07 Å². The van der Waals surface area contributed by atoms with Crippen molar-refractivity contribution in [2.24, 2.45) is 0 Å². The maximum atomic E-state index is 12.7. The number of nitrogens with zero attached hydrogens (tertiary/aromatic N) is 3. The van der Waals surface area contributed by atoms with Crippen LogP contribution < -0.4 is 9.47 Å². The second kappa shape index (κ2) is 6.91. The molecule has 0 aliphatic carbocycles.